The van der Waals surface area contributed by atoms with Crippen LogP contribution in [-0.2, 0) is 4.74 Å². The standard InChI is InChI=1S/C8H17NOS2.ClH/c1-5-11-7-3-10-4-8-12-6-2-9-1;/h9H,1-8H2;1H. The first-order valence-corrected chi connectivity index (χ1v) is 6.75. The molecular weight excluding hydrogens is 226 g/mol. The predicted octanol–water partition coefficient (Wildman–Crippen LogP) is 1.49. The lowest BCUT2D eigenvalue weighted by Gasteiger charge is -2.08. The van der Waals surface area contributed by atoms with Crippen LogP contribution in [0.25, 0.3) is 0 Å². The van der Waals surface area contributed by atoms with Gasteiger partial charge in [-0.3, -0.25) is 0 Å². The van der Waals surface area contributed by atoms with Crippen molar-refractivity contribution >= 4 is 35.9 Å². The first-order chi connectivity index (χ1) is 6.00. The molecule has 0 radical (unpaired) electrons. The summed E-state index contributed by atoms with van der Waals surface area (Å²) >= 11 is 3.95. The Morgan fingerprint density at radius 3 is 1.92 bits per heavy atom. The zero-order valence-electron chi connectivity index (χ0n) is 7.79. The lowest BCUT2D eigenvalue weighted by Crippen LogP contribution is -2.21. The van der Waals surface area contributed by atoms with E-state index in [1.165, 1.54) is 11.5 Å². The molecule has 0 unspecified atom stereocenters. The van der Waals surface area contributed by atoms with Crippen molar-refractivity contribution in [2.75, 3.05) is 49.3 Å². The number of hydrogen-bond acceptors (Lipinski definition) is 4. The molecule has 80 valence electrons. The zero-order chi connectivity index (χ0) is 8.49. The van der Waals surface area contributed by atoms with Crippen molar-refractivity contribution in [3.8, 4) is 0 Å². The van der Waals surface area contributed by atoms with E-state index in [4.69, 9.17) is 4.74 Å². The fourth-order valence-electron chi connectivity index (χ4n) is 0.956. The molecule has 0 spiro atoms. The van der Waals surface area contributed by atoms with Gasteiger partial charge >= 0.3 is 0 Å². The third-order valence-electron chi connectivity index (χ3n) is 1.59. The third kappa shape index (κ3) is 9.22. The second-order valence-electron chi connectivity index (χ2n) is 2.59. The van der Waals surface area contributed by atoms with E-state index in [0.717, 1.165) is 37.8 Å². The van der Waals surface area contributed by atoms with Gasteiger partial charge in [0, 0.05) is 36.1 Å². The Morgan fingerprint density at radius 2 is 1.38 bits per heavy atom. The molecule has 0 amide bonds. The fourth-order valence-corrected chi connectivity index (χ4v) is 2.41. The third-order valence-corrected chi connectivity index (χ3v) is 3.49. The van der Waals surface area contributed by atoms with E-state index in [2.05, 4.69) is 5.32 Å². The molecule has 2 nitrogen and oxygen atoms in total. The van der Waals surface area contributed by atoms with E-state index in [1.807, 2.05) is 23.5 Å². The van der Waals surface area contributed by atoms with Gasteiger partial charge in [0.25, 0.3) is 0 Å². The highest BCUT2D eigenvalue weighted by molar-refractivity contribution is 7.99. The van der Waals surface area contributed by atoms with Gasteiger partial charge in [-0.15, -0.1) is 12.4 Å². The second kappa shape index (κ2) is 11.0. The van der Waals surface area contributed by atoms with Crippen molar-refractivity contribution in [2.24, 2.45) is 0 Å². The van der Waals surface area contributed by atoms with Crippen molar-refractivity contribution in [3.05, 3.63) is 0 Å². The molecule has 1 aliphatic rings. The summed E-state index contributed by atoms with van der Waals surface area (Å²) in [5.74, 6) is 4.72. The number of nitrogens with one attached hydrogen (secondary N) is 1. The molecule has 1 fully saturated rings. The van der Waals surface area contributed by atoms with Crippen LogP contribution in [0.1, 0.15) is 0 Å². The lowest BCUT2D eigenvalue weighted by molar-refractivity contribution is 0.167. The predicted molar refractivity (Wildman–Crippen MR) is 65.6 cm³/mol. The number of ether oxygens (including phenoxy) is 1. The average molecular weight is 244 g/mol. The first-order valence-electron chi connectivity index (χ1n) is 4.44. The Balaban J connectivity index is 0.00000144. The SMILES string of the molecule is C1CSCCOCCSCCN1.Cl. The molecule has 0 bridgehead atoms. The molecule has 0 aromatic carbocycles. The molecule has 1 N–H and O–H groups in total. The molecule has 0 atom stereocenters. The van der Waals surface area contributed by atoms with Gasteiger partial charge < -0.3 is 10.1 Å². The summed E-state index contributed by atoms with van der Waals surface area (Å²) in [6.07, 6.45) is 0. The van der Waals surface area contributed by atoms with Gasteiger partial charge in [0.05, 0.1) is 13.2 Å². The average Bonchev–Trinajstić information content (AvgIpc) is 2.05. The van der Waals surface area contributed by atoms with Crippen LogP contribution in [0.15, 0.2) is 0 Å². The highest BCUT2D eigenvalue weighted by Gasteiger charge is 1.95. The maximum absolute atomic E-state index is 5.44. The second-order valence-corrected chi connectivity index (χ2v) is 5.04. The van der Waals surface area contributed by atoms with Crippen LogP contribution < -0.4 is 5.32 Å². The highest BCUT2D eigenvalue weighted by Crippen LogP contribution is 2.02. The van der Waals surface area contributed by atoms with Crippen LogP contribution in [0.5, 0.6) is 0 Å². The summed E-state index contributed by atoms with van der Waals surface area (Å²) in [7, 11) is 0. The van der Waals surface area contributed by atoms with Crippen LogP contribution in [0, 0.1) is 0 Å². The van der Waals surface area contributed by atoms with E-state index in [1.54, 1.807) is 0 Å². The van der Waals surface area contributed by atoms with E-state index in [9.17, 15) is 0 Å². The normalized spacial score (nSPS) is 22.2. The Labute approximate surface area is 95.4 Å². The molecule has 0 saturated carbocycles. The van der Waals surface area contributed by atoms with E-state index in [-0.39, 0.29) is 12.4 Å². The van der Waals surface area contributed by atoms with Gasteiger partial charge in [-0.2, -0.15) is 23.5 Å². The van der Waals surface area contributed by atoms with Gasteiger partial charge in [-0.05, 0) is 0 Å². The molecule has 0 aromatic heterocycles. The largest absolute Gasteiger partial charge is 0.380 e. The number of rotatable bonds is 0. The summed E-state index contributed by atoms with van der Waals surface area (Å²) in [5.41, 5.74) is 0. The Hall–Kier alpha value is 0.910. The van der Waals surface area contributed by atoms with Crippen LogP contribution in [-0.4, -0.2) is 49.3 Å². The molecule has 0 aliphatic carbocycles. The molecule has 1 heterocycles. The molecular formula is C8H18ClNOS2. The minimum Gasteiger partial charge on any atom is -0.380 e. The minimum absolute atomic E-state index is 0. The van der Waals surface area contributed by atoms with E-state index >= 15 is 0 Å². The van der Waals surface area contributed by atoms with Crippen molar-refractivity contribution < 1.29 is 4.74 Å². The Kier molecular flexibility index (Phi) is 11.8. The van der Waals surface area contributed by atoms with Gasteiger partial charge in [-0.1, -0.05) is 0 Å². The number of halogens is 1. The quantitative estimate of drug-likeness (QED) is 0.696. The number of hydrogen-bond donors (Lipinski definition) is 1. The minimum atomic E-state index is 0. The lowest BCUT2D eigenvalue weighted by atomic mass is 10.7. The zero-order valence-corrected chi connectivity index (χ0v) is 10.2. The van der Waals surface area contributed by atoms with Crippen molar-refractivity contribution in [1.29, 1.82) is 0 Å². The molecule has 1 aliphatic heterocycles. The van der Waals surface area contributed by atoms with E-state index < -0.39 is 0 Å². The summed E-state index contributed by atoms with van der Waals surface area (Å²) in [6, 6.07) is 0. The Bertz CT molecular complexity index is 65.1. The molecule has 1 saturated heterocycles. The van der Waals surface area contributed by atoms with Gasteiger partial charge in [0.15, 0.2) is 0 Å². The van der Waals surface area contributed by atoms with Gasteiger partial charge in [-0.25, -0.2) is 0 Å². The van der Waals surface area contributed by atoms with Gasteiger partial charge in [0.1, 0.15) is 0 Å². The van der Waals surface area contributed by atoms with Crippen molar-refractivity contribution in [3.63, 3.8) is 0 Å². The van der Waals surface area contributed by atoms with Gasteiger partial charge in [0.2, 0.25) is 0 Å². The molecule has 13 heavy (non-hydrogen) atoms. The monoisotopic (exact) mass is 243 g/mol. The highest BCUT2D eigenvalue weighted by atomic mass is 35.5. The topological polar surface area (TPSA) is 21.3 Å². The number of thioether (sulfide) groups is 2. The van der Waals surface area contributed by atoms with Crippen LogP contribution in [0.4, 0.5) is 0 Å². The Morgan fingerprint density at radius 1 is 0.846 bits per heavy atom. The van der Waals surface area contributed by atoms with E-state index in [0.29, 0.717) is 0 Å². The maximum Gasteiger partial charge on any atom is 0.0557 e. The molecule has 1 rings (SSSR count). The van der Waals surface area contributed by atoms with Crippen LogP contribution >= 0.6 is 35.9 Å². The summed E-state index contributed by atoms with van der Waals surface area (Å²) in [6.45, 7) is 4.13. The van der Waals surface area contributed by atoms with Crippen molar-refractivity contribution in [1.82, 2.24) is 5.32 Å². The van der Waals surface area contributed by atoms with Crippen LogP contribution in [0.2, 0.25) is 0 Å². The summed E-state index contributed by atoms with van der Waals surface area (Å²) in [4.78, 5) is 0. The maximum atomic E-state index is 5.44. The fraction of sp³-hybridized carbons (Fsp3) is 1.00. The first kappa shape index (κ1) is 13.9. The molecule has 0 aromatic rings. The summed E-state index contributed by atoms with van der Waals surface area (Å²) in [5, 5.41) is 3.42. The summed E-state index contributed by atoms with van der Waals surface area (Å²) < 4.78 is 5.44. The molecule has 5 heteroatoms. The van der Waals surface area contributed by atoms with Crippen LogP contribution in [0.3, 0.4) is 0 Å². The smallest absolute Gasteiger partial charge is 0.0557 e. The van der Waals surface area contributed by atoms with Crippen molar-refractivity contribution in [2.45, 2.75) is 0 Å².